The Bertz CT molecular complexity index is 165. The van der Waals surface area contributed by atoms with E-state index in [4.69, 9.17) is 5.73 Å². The van der Waals surface area contributed by atoms with Crippen LogP contribution in [0.5, 0.6) is 0 Å². The summed E-state index contributed by atoms with van der Waals surface area (Å²) in [5, 5.41) is 0. The largest absolute Gasteiger partial charge is 0.449 e. The summed E-state index contributed by atoms with van der Waals surface area (Å²) in [6, 6.07) is 7.53. The molecule has 0 saturated heterocycles. The molecule has 0 fully saturated rings. The molecule has 1 rings (SSSR count). The van der Waals surface area contributed by atoms with Crippen LogP contribution in [0.15, 0.2) is 24.3 Å². The van der Waals surface area contributed by atoms with Crippen molar-refractivity contribution in [2.75, 3.05) is 5.73 Å². The monoisotopic (exact) mass is 210 g/mol. The summed E-state index contributed by atoms with van der Waals surface area (Å²) >= 11 is 0. The molecular weight excluding hydrogens is 199 g/mol. The van der Waals surface area contributed by atoms with Crippen LogP contribution in [0.25, 0.3) is 0 Å². The molecule has 0 aliphatic carbocycles. The van der Waals surface area contributed by atoms with Crippen molar-refractivity contribution in [1.29, 1.82) is 0 Å². The molecule has 0 amide bonds. The predicted octanol–water partition coefficient (Wildman–Crippen LogP) is 1.90. The van der Waals surface area contributed by atoms with E-state index in [2.05, 4.69) is 6.92 Å². The van der Waals surface area contributed by atoms with Crippen molar-refractivity contribution < 1.29 is 32.7 Å². The van der Waals surface area contributed by atoms with Crippen LogP contribution in [-0.4, -0.2) is 0 Å². The molecule has 0 bridgehead atoms. The Hall–Kier alpha value is -0.00610. The van der Waals surface area contributed by atoms with Crippen LogP contribution < -0.4 is 5.73 Å². The van der Waals surface area contributed by atoms with Crippen LogP contribution >= 0.6 is 0 Å². The molecule has 0 atom stereocenters. The topological polar surface area (TPSA) is 26.0 Å². The number of nitrogen functional groups attached to an aromatic ring is 1. The van der Waals surface area contributed by atoms with Gasteiger partial charge in [-0.05, 0) is 0 Å². The Labute approximate surface area is 87.9 Å². The molecule has 53 valence electrons. The molecule has 0 heterocycles. The number of hydrogen-bond donors (Lipinski definition) is 1. The first kappa shape index (κ1) is 12.7. The fourth-order valence-electron chi connectivity index (χ4n) is 0.534. The Morgan fingerprint density at radius 1 is 1.20 bits per heavy atom. The van der Waals surface area contributed by atoms with Crippen molar-refractivity contribution in [3.05, 3.63) is 44.2 Å². The molecule has 0 aliphatic heterocycles. The van der Waals surface area contributed by atoms with E-state index in [-0.39, 0.29) is 40.1 Å². The molecule has 1 nitrogen and oxygen atoms in total. The fraction of sp³-hybridized carbons (Fsp3) is 0. The second kappa shape index (κ2) is 5.75. The van der Waals surface area contributed by atoms with Gasteiger partial charge >= 0.3 is 0 Å². The van der Waals surface area contributed by atoms with Crippen LogP contribution in [0.4, 0.5) is 5.69 Å². The smallest absolute Gasteiger partial charge is 0 e. The van der Waals surface area contributed by atoms with Crippen LogP contribution in [0.1, 0.15) is 5.56 Å². The minimum Gasteiger partial charge on any atom is -0.449 e. The SMILES string of the molecule is [CH2-]c1ccccc1N.[CH3-].[Y]. The standard InChI is InChI=1S/C7H8N.CH3.Y/c1-6-4-2-3-5-7(6)8;;/h2-5H,1,8H2;1H3;/q2*-1;. The van der Waals surface area contributed by atoms with Crippen molar-refractivity contribution in [1.82, 2.24) is 0 Å². The molecule has 2 N–H and O–H groups in total. The normalized spacial score (nSPS) is 7.20. The average Bonchev–Trinajstić information content (AvgIpc) is 1.77. The number of para-hydroxylation sites is 1. The van der Waals surface area contributed by atoms with Crippen molar-refractivity contribution in [2.45, 2.75) is 0 Å². The minimum atomic E-state index is 0. The van der Waals surface area contributed by atoms with Crippen LogP contribution in [-0.2, 0) is 32.7 Å². The molecule has 1 aromatic rings. The molecule has 0 saturated carbocycles. The Morgan fingerprint density at radius 3 is 2.00 bits per heavy atom. The van der Waals surface area contributed by atoms with Crippen molar-refractivity contribution in [3.8, 4) is 0 Å². The van der Waals surface area contributed by atoms with Crippen LogP contribution in [0.3, 0.4) is 0 Å². The number of nitrogens with two attached hydrogens (primary N) is 1. The molecule has 10 heavy (non-hydrogen) atoms. The summed E-state index contributed by atoms with van der Waals surface area (Å²) in [5.41, 5.74) is 7.11. The molecular formula is C8H11NY-2. The minimum absolute atomic E-state index is 0. The Morgan fingerprint density at radius 2 is 1.70 bits per heavy atom. The molecule has 0 spiro atoms. The summed E-state index contributed by atoms with van der Waals surface area (Å²) in [5.74, 6) is 0. The summed E-state index contributed by atoms with van der Waals surface area (Å²) in [4.78, 5) is 0. The van der Waals surface area contributed by atoms with Gasteiger partial charge in [-0.15, -0.1) is 6.07 Å². The summed E-state index contributed by atoms with van der Waals surface area (Å²) < 4.78 is 0. The molecule has 2 heteroatoms. The Balaban J connectivity index is 0. The van der Waals surface area contributed by atoms with Gasteiger partial charge in [0.1, 0.15) is 0 Å². The summed E-state index contributed by atoms with van der Waals surface area (Å²) in [6.07, 6.45) is 0. The predicted molar refractivity (Wildman–Crippen MR) is 41.7 cm³/mol. The second-order valence-electron chi connectivity index (χ2n) is 1.70. The fourth-order valence-corrected chi connectivity index (χ4v) is 0.534. The van der Waals surface area contributed by atoms with E-state index in [0.29, 0.717) is 0 Å². The van der Waals surface area contributed by atoms with Crippen LogP contribution in [0, 0.1) is 14.4 Å². The number of rotatable bonds is 0. The third-order valence-corrected chi connectivity index (χ3v) is 1.06. The maximum absolute atomic E-state index is 5.46. The van der Waals surface area contributed by atoms with E-state index in [1.165, 1.54) is 0 Å². The van der Waals surface area contributed by atoms with Crippen molar-refractivity contribution >= 4 is 5.69 Å². The van der Waals surface area contributed by atoms with Gasteiger partial charge in [-0.1, -0.05) is 17.8 Å². The van der Waals surface area contributed by atoms with Gasteiger partial charge in [0.15, 0.2) is 0 Å². The van der Waals surface area contributed by atoms with Gasteiger partial charge < -0.3 is 13.2 Å². The quantitative estimate of drug-likeness (QED) is 0.513. The summed E-state index contributed by atoms with van der Waals surface area (Å²) in [6.45, 7) is 3.70. The zero-order chi connectivity index (χ0) is 5.98. The number of anilines is 1. The molecule has 1 aromatic carbocycles. The number of benzene rings is 1. The van der Waals surface area contributed by atoms with E-state index in [1.54, 1.807) is 0 Å². The first-order valence-corrected chi connectivity index (χ1v) is 2.47. The summed E-state index contributed by atoms with van der Waals surface area (Å²) in [7, 11) is 0. The van der Waals surface area contributed by atoms with Crippen molar-refractivity contribution in [2.24, 2.45) is 0 Å². The van der Waals surface area contributed by atoms with Crippen LogP contribution in [0.2, 0.25) is 0 Å². The van der Waals surface area contributed by atoms with Gasteiger partial charge in [-0.2, -0.15) is 18.6 Å². The van der Waals surface area contributed by atoms with E-state index >= 15 is 0 Å². The van der Waals surface area contributed by atoms with E-state index in [0.717, 1.165) is 11.3 Å². The third-order valence-electron chi connectivity index (χ3n) is 1.06. The Kier molecular flexibility index (Phi) is 7.28. The van der Waals surface area contributed by atoms with Gasteiger partial charge in [-0.25, -0.2) is 0 Å². The molecule has 0 unspecified atom stereocenters. The zero-order valence-corrected chi connectivity index (χ0v) is 9.01. The van der Waals surface area contributed by atoms with Gasteiger partial charge in [-0.3, -0.25) is 0 Å². The van der Waals surface area contributed by atoms with E-state index in [9.17, 15) is 0 Å². The molecule has 1 radical (unpaired) electrons. The van der Waals surface area contributed by atoms with Crippen molar-refractivity contribution in [3.63, 3.8) is 0 Å². The van der Waals surface area contributed by atoms with Gasteiger partial charge in [0, 0.05) is 32.7 Å². The third kappa shape index (κ3) is 3.24. The van der Waals surface area contributed by atoms with Gasteiger partial charge in [0.2, 0.25) is 0 Å². The maximum Gasteiger partial charge on any atom is 0 e. The molecule has 0 aromatic heterocycles. The van der Waals surface area contributed by atoms with Gasteiger partial charge in [0.05, 0.1) is 0 Å². The first-order chi connectivity index (χ1) is 3.80. The van der Waals surface area contributed by atoms with E-state index < -0.39 is 0 Å². The van der Waals surface area contributed by atoms with E-state index in [1.807, 2.05) is 24.3 Å². The molecule has 0 aliphatic rings. The second-order valence-corrected chi connectivity index (χ2v) is 1.70. The number of hydrogen-bond acceptors (Lipinski definition) is 1. The maximum atomic E-state index is 5.46. The first-order valence-electron chi connectivity index (χ1n) is 2.47. The zero-order valence-electron chi connectivity index (χ0n) is 6.17. The average molecular weight is 210 g/mol. The van der Waals surface area contributed by atoms with Gasteiger partial charge in [0.25, 0.3) is 0 Å².